The molecule has 0 unspecified atom stereocenters. The molecule has 1 aliphatic heterocycles. The molecule has 5 heteroatoms. The normalized spacial score (nSPS) is 22.8. The lowest BCUT2D eigenvalue weighted by Crippen LogP contribution is -3.00. The van der Waals surface area contributed by atoms with Crippen LogP contribution in [0.25, 0.3) is 0 Å². The molecule has 1 fully saturated rings. The first-order chi connectivity index (χ1) is 7.74. The summed E-state index contributed by atoms with van der Waals surface area (Å²) in [7, 11) is 1.62. The predicted molar refractivity (Wildman–Crippen MR) is 58.0 cm³/mol. The highest BCUT2D eigenvalue weighted by Crippen LogP contribution is 2.30. The number of carbonyl (C=O) groups is 1. The van der Waals surface area contributed by atoms with E-state index in [1.807, 2.05) is 24.3 Å². The maximum Gasteiger partial charge on any atom is 0.314 e. The number of hydrogen-bond acceptors (Lipinski definition) is 3. The highest BCUT2D eigenvalue weighted by Gasteiger charge is 2.35. The molecule has 0 bridgehead atoms. The van der Waals surface area contributed by atoms with Crippen LogP contribution in [0.5, 0.6) is 5.75 Å². The lowest BCUT2D eigenvalue weighted by molar-refractivity contribution is -0.382. The van der Waals surface area contributed by atoms with Gasteiger partial charge >= 0.3 is 5.97 Å². The van der Waals surface area contributed by atoms with Crippen LogP contribution in [0.15, 0.2) is 24.3 Å². The molecule has 0 saturated carbocycles. The first-order valence-corrected chi connectivity index (χ1v) is 5.38. The van der Waals surface area contributed by atoms with E-state index >= 15 is 0 Å². The summed E-state index contributed by atoms with van der Waals surface area (Å²) in [5.41, 5.74) is 4.75. The van der Waals surface area contributed by atoms with Crippen LogP contribution in [-0.2, 0) is 9.53 Å². The minimum absolute atomic E-state index is 0. The number of quaternary nitrogens is 1. The van der Waals surface area contributed by atoms with Crippen LogP contribution >= 0.6 is 0 Å². The van der Waals surface area contributed by atoms with Crippen molar-refractivity contribution in [2.24, 2.45) is 0 Å². The van der Waals surface area contributed by atoms with Crippen molar-refractivity contribution in [3.63, 3.8) is 0 Å². The zero-order valence-electron chi connectivity index (χ0n) is 9.69. The van der Waals surface area contributed by atoms with E-state index in [0.29, 0.717) is 6.54 Å². The molecule has 2 atom stereocenters. The highest BCUT2D eigenvalue weighted by atomic mass is 35.5. The number of esters is 1. The Morgan fingerprint density at radius 2 is 2.06 bits per heavy atom. The van der Waals surface area contributed by atoms with Crippen molar-refractivity contribution < 1.29 is 32.4 Å². The van der Waals surface area contributed by atoms with Gasteiger partial charge in [-0.25, -0.2) is 0 Å². The van der Waals surface area contributed by atoms with E-state index in [9.17, 15) is 4.79 Å². The topological polar surface area (TPSA) is 63.2 Å². The molecule has 0 amide bonds. The lowest BCUT2D eigenvalue weighted by atomic mass is 9.96. The van der Waals surface area contributed by atoms with Gasteiger partial charge in [0.05, 0.1) is 13.0 Å². The fourth-order valence-corrected chi connectivity index (χ4v) is 1.94. The van der Waals surface area contributed by atoms with Gasteiger partial charge in [0, 0.05) is 6.42 Å². The summed E-state index contributed by atoms with van der Waals surface area (Å²) in [5.74, 6) is 0.514. The summed E-state index contributed by atoms with van der Waals surface area (Å²) >= 11 is 0. The Morgan fingerprint density at radius 1 is 1.41 bits per heavy atom. The van der Waals surface area contributed by atoms with Crippen LogP contribution in [0.4, 0.5) is 0 Å². The lowest BCUT2D eigenvalue weighted by Gasteiger charge is -2.06. The van der Waals surface area contributed by atoms with E-state index in [1.54, 1.807) is 7.11 Å². The van der Waals surface area contributed by atoms with Crippen molar-refractivity contribution in [1.29, 1.82) is 0 Å². The van der Waals surface area contributed by atoms with E-state index in [0.717, 1.165) is 17.7 Å². The fraction of sp³-hybridized carbons (Fsp3) is 0.417. The summed E-state index contributed by atoms with van der Waals surface area (Å²) in [4.78, 5) is 11.6. The van der Waals surface area contributed by atoms with Gasteiger partial charge in [-0.3, -0.25) is 4.79 Å². The summed E-state index contributed by atoms with van der Waals surface area (Å²) in [6.07, 6.45) is 0.703. The summed E-state index contributed by atoms with van der Waals surface area (Å²) < 4.78 is 10.3. The summed E-state index contributed by atoms with van der Waals surface area (Å²) in [6, 6.07) is 7.55. The standard InChI is InChI=1S/C12H15NO3.ClH/c1-15-9-4-2-8(3-5-9)11-6-10(7-13)16-12(11)14;/h2-5,10-11H,6-7,13H2,1H3;1H/t10-,11+;/m0./s1. The van der Waals surface area contributed by atoms with Crippen LogP contribution < -0.4 is 22.9 Å². The SMILES string of the molecule is COc1ccc([C@H]2C[C@@H](C[NH3+])OC2=O)cc1.[Cl-]. The Balaban J connectivity index is 0.00000144. The smallest absolute Gasteiger partial charge is 0.314 e. The van der Waals surface area contributed by atoms with Crippen LogP contribution in [0.2, 0.25) is 0 Å². The van der Waals surface area contributed by atoms with Crippen molar-refractivity contribution >= 4 is 5.97 Å². The zero-order chi connectivity index (χ0) is 11.5. The number of rotatable bonds is 3. The van der Waals surface area contributed by atoms with Crippen LogP contribution in [0.1, 0.15) is 17.9 Å². The second kappa shape index (κ2) is 5.89. The minimum atomic E-state index is -0.141. The van der Waals surface area contributed by atoms with Crippen LogP contribution in [0, 0.1) is 0 Å². The van der Waals surface area contributed by atoms with Crippen molar-refractivity contribution in [1.82, 2.24) is 0 Å². The molecule has 0 spiro atoms. The quantitative estimate of drug-likeness (QED) is 0.602. The molecule has 1 aliphatic rings. The molecule has 1 saturated heterocycles. The molecule has 1 heterocycles. The Labute approximate surface area is 106 Å². The van der Waals surface area contributed by atoms with E-state index in [-0.39, 0.29) is 30.4 Å². The van der Waals surface area contributed by atoms with E-state index in [2.05, 4.69) is 5.73 Å². The third kappa shape index (κ3) is 2.90. The Kier molecular flexibility index (Phi) is 4.78. The van der Waals surface area contributed by atoms with Gasteiger partial charge in [-0.15, -0.1) is 0 Å². The van der Waals surface area contributed by atoms with Crippen LogP contribution in [0.3, 0.4) is 0 Å². The molecule has 94 valence electrons. The Hall–Kier alpha value is -1.26. The maximum atomic E-state index is 11.6. The Bertz CT molecular complexity index is 380. The number of carbonyl (C=O) groups excluding carboxylic acids is 1. The first-order valence-electron chi connectivity index (χ1n) is 5.38. The molecule has 4 nitrogen and oxygen atoms in total. The minimum Gasteiger partial charge on any atom is -1.00 e. The van der Waals surface area contributed by atoms with Gasteiger partial charge in [-0.2, -0.15) is 0 Å². The largest absolute Gasteiger partial charge is 1.00 e. The van der Waals surface area contributed by atoms with Gasteiger partial charge in [0.2, 0.25) is 0 Å². The molecule has 2 rings (SSSR count). The molecular weight excluding hydrogens is 242 g/mol. The van der Waals surface area contributed by atoms with Gasteiger partial charge in [0.15, 0.2) is 6.10 Å². The van der Waals surface area contributed by atoms with E-state index in [1.165, 1.54) is 0 Å². The number of methoxy groups -OCH3 is 1. The molecule has 0 aliphatic carbocycles. The molecular formula is C12H16ClNO3. The average Bonchev–Trinajstić information content (AvgIpc) is 2.71. The third-order valence-corrected chi connectivity index (χ3v) is 2.91. The van der Waals surface area contributed by atoms with Crippen molar-refractivity contribution in [3.05, 3.63) is 29.8 Å². The van der Waals surface area contributed by atoms with Crippen LogP contribution in [-0.4, -0.2) is 25.7 Å². The Morgan fingerprint density at radius 3 is 2.53 bits per heavy atom. The van der Waals surface area contributed by atoms with Gasteiger partial charge in [0.1, 0.15) is 12.3 Å². The predicted octanol–water partition coefficient (Wildman–Crippen LogP) is -2.66. The number of hydrogen-bond donors (Lipinski definition) is 1. The fourth-order valence-electron chi connectivity index (χ4n) is 1.94. The van der Waals surface area contributed by atoms with Crippen molar-refractivity contribution in [2.45, 2.75) is 18.4 Å². The second-order valence-electron chi connectivity index (χ2n) is 3.91. The number of halogens is 1. The van der Waals surface area contributed by atoms with Gasteiger partial charge < -0.3 is 27.6 Å². The molecule has 0 radical (unpaired) electrons. The first kappa shape index (κ1) is 13.8. The van der Waals surface area contributed by atoms with E-state index < -0.39 is 0 Å². The monoisotopic (exact) mass is 257 g/mol. The van der Waals surface area contributed by atoms with Crippen molar-refractivity contribution in [2.75, 3.05) is 13.7 Å². The average molecular weight is 258 g/mol. The molecule has 1 aromatic rings. The molecule has 17 heavy (non-hydrogen) atoms. The number of cyclic esters (lactones) is 1. The summed E-state index contributed by atoms with van der Waals surface area (Å²) in [5, 5.41) is 0. The number of ether oxygens (including phenoxy) is 2. The second-order valence-corrected chi connectivity index (χ2v) is 3.91. The molecule has 1 aromatic carbocycles. The number of benzene rings is 1. The third-order valence-electron chi connectivity index (χ3n) is 2.91. The summed E-state index contributed by atoms with van der Waals surface area (Å²) in [6.45, 7) is 0.637. The van der Waals surface area contributed by atoms with Gasteiger partial charge in [-0.1, -0.05) is 12.1 Å². The molecule has 3 N–H and O–H groups in total. The molecule has 0 aromatic heterocycles. The highest BCUT2D eigenvalue weighted by molar-refractivity contribution is 5.80. The zero-order valence-corrected chi connectivity index (χ0v) is 10.4. The van der Waals surface area contributed by atoms with E-state index in [4.69, 9.17) is 9.47 Å². The maximum absolute atomic E-state index is 11.6. The van der Waals surface area contributed by atoms with Crippen molar-refractivity contribution in [3.8, 4) is 5.75 Å². The van der Waals surface area contributed by atoms with Gasteiger partial charge in [-0.05, 0) is 17.7 Å². The van der Waals surface area contributed by atoms with Gasteiger partial charge in [0.25, 0.3) is 0 Å².